The van der Waals surface area contributed by atoms with E-state index in [-0.39, 0.29) is 0 Å². The topological polar surface area (TPSA) is 69.7 Å². The summed E-state index contributed by atoms with van der Waals surface area (Å²) in [5.41, 5.74) is -0.812. The zero-order valence-corrected chi connectivity index (χ0v) is 18.6. The zero-order valence-electron chi connectivity index (χ0n) is 18.6. The second kappa shape index (κ2) is 7.90. The fourth-order valence-corrected chi connectivity index (χ4v) is 5.83. The Morgan fingerprint density at radius 3 is 1.69 bits per heavy atom. The van der Waals surface area contributed by atoms with Gasteiger partial charge >= 0.3 is 11.9 Å². The van der Waals surface area contributed by atoms with Gasteiger partial charge in [-0.25, -0.2) is 0 Å². The maximum atomic E-state index is 14.4. The van der Waals surface area contributed by atoms with E-state index < -0.39 is 40.4 Å². The highest BCUT2D eigenvalue weighted by atomic mass is 16.5. The highest BCUT2D eigenvalue weighted by Crippen LogP contribution is 2.72. The minimum Gasteiger partial charge on any atom is -0.468 e. The molecular weight excluding hydrogens is 404 g/mol. The molecule has 4 rings (SSSR count). The van der Waals surface area contributed by atoms with Crippen LogP contribution in [0.5, 0.6) is 0 Å². The van der Waals surface area contributed by atoms with Gasteiger partial charge in [0.15, 0.2) is 16.6 Å². The average molecular weight is 431 g/mol. The minimum atomic E-state index is -1.65. The predicted octanol–water partition coefficient (Wildman–Crippen LogP) is 4.34. The monoisotopic (exact) mass is 430 g/mol. The van der Waals surface area contributed by atoms with Crippen molar-refractivity contribution in [1.82, 2.24) is 0 Å². The Morgan fingerprint density at radius 1 is 0.812 bits per heavy atom. The van der Waals surface area contributed by atoms with Gasteiger partial charge in [-0.3, -0.25) is 14.4 Å². The third-order valence-electron chi connectivity index (χ3n) is 7.02. The Balaban J connectivity index is 2.25. The van der Waals surface area contributed by atoms with Crippen LogP contribution in [0.3, 0.4) is 0 Å². The summed E-state index contributed by atoms with van der Waals surface area (Å²) in [6.07, 6.45) is 3.66. The summed E-state index contributed by atoms with van der Waals surface area (Å²) in [7, 11) is 2.56. The number of esters is 2. The van der Waals surface area contributed by atoms with Gasteiger partial charge < -0.3 is 9.47 Å². The number of carbonyl (C=O) groups excluding carboxylic acids is 3. The molecule has 0 saturated heterocycles. The summed E-state index contributed by atoms with van der Waals surface area (Å²) in [5, 5.41) is 0. The van der Waals surface area contributed by atoms with E-state index in [9.17, 15) is 14.4 Å². The molecule has 5 heteroatoms. The van der Waals surface area contributed by atoms with E-state index in [0.717, 1.165) is 0 Å². The number of ketones is 1. The van der Waals surface area contributed by atoms with Gasteiger partial charge in [-0.1, -0.05) is 79.7 Å². The van der Waals surface area contributed by atoms with E-state index in [4.69, 9.17) is 9.47 Å². The van der Waals surface area contributed by atoms with E-state index in [2.05, 4.69) is 0 Å². The smallest absolute Gasteiger partial charge is 0.324 e. The number of rotatable bonds is 5. The Kier molecular flexibility index (Phi) is 5.37. The Labute approximate surface area is 187 Å². The first kappa shape index (κ1) is 21.8. The second-order valence-corrected chi connectivity index (χ2v) is 8.25. The van der Waals surface area contributed by atoms with Crippen LogP contribution in [0.4, 0.5) is 0 Å². The molecule has 2 bridgehead atoms. The number of ether oxygens (including phenoxy) is 2. The van der Waals surface area contributed by atoms with Crippen molar-refractivity contribution in [2.45, 2.75) is 13.8 Å². The van der Waals surface area contributed by atoms with Gasteiger partial charge in [0.05, 0.1) is 14.2 Å². The van der Waals surface area contributed by atoms with Gasteiger partial charge in [0.2, 0.25) is 0 Å². The van der Waals surface area contributed by atoms with Crippen molar-refractivity contribution in [2.24, 2.45) is 22.7 Å². The van der Waals surface area contributed by atoms with Crippen molar-refractivity contribution in [2.75, 3.05) is 14.2 Å². The molecule has 0 N–H and O–H groups in total. The van der Waals surface area contributed by atoms with Gasteiger partial charge in [-0.2, -0.15) is 0 Å². The third-order valence-corrected chi connectivity index (χ3v) is 7.02. The molecule has 0 heterocycles. The van der Waals surface area contributed by atoms with Crippen LogP contribution in [0.1, 0.15) is 25.0 Å². The molecule has 5 nitrogen and oxygen atoms in total. The maximum Gasteiger partial charge on any atom is 0.324 e. The highest BCUT2D eigenvalue weighted by Gasteiger charge is 2.80. The van der Waals surface area contributed by atoms with Crippen LogP contribution < -0.4 is 0 Å². The molecule has 0 aliphatic heterocycles. The lowest BCUT2D eigenvalue weighted by Gasteiger charge is -2.39. The lowest BCUT2D eigenvalue weighted by atomic mass is 9.61. The van der Waals surface area contributed by atoms with Crippen molar-refractivity contribution in [1.29, 1.82) is 0 Å². The van der Waals surface area contributed by atoms with E-state index in [1.807, 2.05) is 86.7 Å². The Hall–Kier alpha value is -3.47. The molecule has 4 atom stereocenters. The standard InChI is InChI=1S/C27H26O5/c1-5-12-20-17(2)26(24(29)31-3)21(18-13-8-6-9-14-18)22(19-15-10-7-11-16-19)27(20,23(26)28)25(30)32-4/h5-17,20H,1-4H3/b12-5+. The minimum absolute atomic E-state index is 0.475. The van der Waals surface area contributed by atoms with E-state index >= 15 is 0 Å². The Morgan fingerprint density at radius 2 is 1.25 bits per heavy atom. The zero-order chi connectivity index (χ0) is 23.1. The molecule has 0 aromatic heterocycles. The van der Waals surface area contributed by atoms with Crippen molar-refractivity contribution in [3.05, 3.63) is 83.9 Å². The van der Waals surface area contributed by atoms with Crippen LogP contribution in [0.2, 0.25) is 0 Å². The predicted molar refractivity (Wildman–Crippen MR) is 121 cm³/mol. The average Bonchev–Trinajstić information content (AvgIpc) is 3.19. The number of carbonyl (C=O) groups is 3. The first-order valence-corrected chi connectivity index (χ1v) is 10.6. The molecule has 4 unspecified atom stereocenters. The molecule has 2 aliphatic carbocycles. The molecule has 2 aromatic carbocycles. The van der Waals surface area contributed by atoms with Crippen molar-refractivity contribution >= 4 is 28.9 Å². The molecule has 1 fully saturated rings. The fraction of sp³-hybridized carbons (Fsp3) is 0.296. The first-order valence-electron chi connectivity index (χ1n) is 10.6. The lowest BCUT2D eigenvalue weighted by Crippen LogP contribution is -2.43. The van der Waals surface area contributed by atoms with E-state index in [1.165, 1.54) is 14.2 Å². The SMILES string of the molecule is C/C=C/C1C(C)C2(C(=O)OC)C(=O)C1(C(=O)OC)C(c1ccccc1)=C2c1ccccc1. The number of allylic oxidation sites excluding steroid dienone is 2. The molecule has 0 radical (unpaired) electrons. The molecule has 164 valence electrons. The van der Waals surface area contributed by atoms with Gasteiger partial charge in [0, 0.05) is 5.92 Å². The van der Waals surface area contributed by atoms with E-state index in [0.29, 0.717) is 22.3 Å². The largest absolute Gasteiger partial charge is 0.468 e. The number of benzene rings is 2. The number of hydrogen-bond donors (Lipinski definition) is 0. The third kappa shape index (κ3) is 2.48. The number of fused-ring (bicyclic) bond motifs is 2. The molecule has 2 aliphatic rings. The van der Waals surface area contributed by atoms with Gasteiger partial charge in [-0.05, 0) is 35.1 Å². The normalized spacial score (nSPS) is 28.9. The van der Waals surface area contributed by atoms with Crippen LogP contribution in [-0.2, 0) is 23.9 Å². The van der Waals surface area contributed by atoms with Crippen LogP contribution >= 0.6 is 0 Å². The lowest BCUT2D eigenvalue weighted by molar-refractivity contribution is -0.157. The van der Waals surface area contributed by atoms with Crippen LogP contribution in [-0.4, -0.2) is 31.9 Å². The first-order chi connectivity index (χ1) is 15.4. The highest BCUT2D eigenvalue weighted by molar-refractivity contribution is 6.38. The van der Waals surface area contributed by atoms with Gasteiger partial charge in [0.1, 0.15) is 0 Å². The second-order valence-electron chi connectivity index (χ2n) is 8.25. The van der Waals surface area contributed by atoms with Crippen LogP contribution in [0.15, 0.2) is 72.8 Å². The van der Waals surface area contributed by atoms with Crippen LogP contribution in [0.25, 0.3) is 11.1 Å². The quantitative estimate of drug-likeness (QED) is 0.401. The molecule has 1 saturated carbocycles. The summed E-state index contributed by atoms with van der Waals surface area (Å²) in [6.45, 7) is 3.68. The van der Waals surface area contributed by atoms with Crippen molar-refractivity contribution in [3.63, 3.8) is 0 Å². The van der Waals surface area contributed by atoms with Crippen molar-refractivity contribution < 1.29 is 23.9 Å². The molecule has 2 aromatic rings. The summed E-state index contributed by atoms with van der Waals surface area (Å²) >= 11 is 0. The number of Topliss-reactive ketones (excluding diaryl/α,β-unsaturated/α-hetero) is 1. The summed E-state index contributed by atoms with van der Waals surface area (Å²) in [6, 6.07) is 18.6. The molecule has 0 amide bonds. The molecular formula is C27H26O5. The van der Waals surface area contributed by atoms with Gasteiger partial charge in [-0.15, -0.1) is 0 Å². The maximum absolute atomic E-state index is 14.4. The summed E-state index contributed by atoms with van der Waals surface area (Å²) in [4.78, 5) is 41.5. The number of methoxy groups -OCH3 is 2. The van der Waals surface area contributed by atoms with Gasteiger partial charge in [0.25, 0.3) is 0 Å². The van der Waals surface area contributed by atoms with Crippen molar-refractivity contribution in [3.8, 4) is 0 Å². The molecule has 32 heavy (non-hydrogen) atoms. The van der Waals surface area contributed by atoms with E-state index in [1.54, 1.807) is 0 Å². The fourth-order valence-electron chi connectivity index (χ4n) is 5.83. The Bertz CT molecular complexity index is 1130. The van der Waals surface area contributed by atoms with Crippen LogP contribution in [0, 0.1) is 22.7 Å². The molecule has 0 spiro atoms. The summed E-state index contributed by atoms with van der Waals surface area (Å²) < 4.78 is 10.5. The number of hydrogen-bond acceptors (Lipinski definition) is 5. The summed E-state index contributed by atoms with van der Waals surface area (Å²) in [5.74, 6) is -2.86.